The van der Waals surface area contributed by atoms with E-state index in [1.807, 2.05) is 42.5 Å². The first-order chi connectivity index (χ1) is 14.2. The van der Waals surface area contributed by atoms with Crippen molar-refractivity contribution in [2.75, 3.05) is 11.1 Å². The molecule has 29 heavy (non-hydrogen) atoms. The zero-order valence-corrected chi connectivity index (χ0v) is 16.8. The zero-order valence-electron chi connectivity index (χ0n) is 16.0. The van der Waals surface area contributed by atoms with E-state index in [9.17, 15) is 9.59 Å². The summed E-state index contributed by atoms with van der Waals surface area (Å²) in [6, 6.07) is 13.2. The third-order valence-electron chi connectivity index (χ3n) is 4.94. The number of pyridine rings is 1. The van der Waals surface area contributed by atoms with Gasteiger partial charge in [0.25, 0.3) is 0 Å². The van der Waals surface area contributed by atoms with Crippen LogP contribution in [0.2, 0.25) is 0 Å². The highest BCUT2D eigenvalue weighted by Gasteiger charge is 2.21. The Morgan fingerprint density at radius 2 is 1.83 bits per heavy atom. The molecule has 148 valence electrons. The van der Waals surface area contributed by atoms with Crippen molar-refractivity contribution in [1.82, 2.24) is 14.5 Å². The van der Waals surface area contributed by atoms with Gasteiger partial charge in [-0.25, -0.2) is 4.79 Å². The van der Waals surface area contributed by atoms with E-state index in [4.69, 9.17) is 0 Å². The highest BCUT2D eigenvalue weighted by molar-refractivity contribution is 8.00. The highest BCUT2D eigenvalue weighted by Crippen LogP contribution is 2.28. The Bertz CT molecular complexity index is 1050. The van der Waals surface area contributed by atoms with E-state index in [0.717, 1.165) is 48.2 Å². The SMILES string of the molecule is O=C(CSc1nc(=O)n(Cc2ccncc2)c2c1CCCC2)Nc1ccccc1. The molecule has 1 amide bonds. The Morgan fingerprint density at radius 3 is 2.62 bits per heavy atom. The van der Waals surface area contributed by atoms with Crippen LogP contribution >= 0.6 is 11.8 Å². The lowest BCUT2D eigenvalue weighted by molar-refractivity contribution is -0.113. The number of carbonyl (C=O) groups is 1. The lowest BCUT2D eigenvalue weighted by atomic mass is 9.97. The lowest BCUT2D eigenvalue weighted by Gasteiger charge is -2.22. The van der Waals surface area contributed by atoms with Gasteiger partial charge in [-0.15, -0.1) is 0 Å². The number of rotatable bonds is 6. The zero-order chi connectivity index (χ0) is 20.1. The van der Waals surface area contributed by atoms with Crippen molar-refractivity contribution in [3.8, 4) is 0 Å². The molecule has 1 N–H and O–H groups in total. The first-order valence-electron chi connectivity index (χ1n) is 9.70. The Hall–Kier alpha value is -2.93. The van der Waals surface area contributed by atoms with Gasteiger partial charge in [0.2, 0.25) is 5.91 Å². The van der Waals surface area contributed by atoms with Gasteiger partial charge >= 0.3 is 5.69 Å². The van der Waals surface area contributed by atoms with Crippen LogP contribution in [-0.4, -0.2) is 26.2 Å². The largest absolute Gasteiger partial charge is 0.349 e. The van der Waals surface area contributed by atoms with Gasteiger partial charge in [0, 0.05) is 29.3 Å². The molecule has 2 aromatic heterocycles. The van der Waals surface area contributed by atoms with E-state index in [0.29, 0.717) is 11.6 Å². The minimum atomic E-state index is -0.256. The van der Waals surface area contributed by atoms with Crippen molar-refractivity contribution in [2.45, 2.75) is 37.3 Å². The maximum Gasteiger partial charge on any atom is 0.349 e. The molecule has 1 aliphatic rings. The molecule has 0 saturated heterocycles. The number of fused-ring (bicyclic) bond motifs is 1. The van der Waals surface area contributed by atoms with Crippen LogP contribution in [-0.2, 0) is 24.2 Å². The quantitative estimate of drug-likeness (QED) is 0.502. The minimum absolute atomic E-state index is 0.103. The number of benzene rings is 1. The smallest absolute Gasteiger partial charge is 0.325 e. The maximum atomic E-state index is 12.8. The van der Waals surface area contributed by atoms with Gasteiger partial charge in [-0.2, -0.15) is 4.98 Å². The number of para-hydroxylation sites is 1. The number of thioether (sulfide) groups is 1. The van der Waals surface area contributed by atoms with Gasteiger partial charge in [0.05, 0.1) is 12.3 Å². The van der Waals surface area contributed by atoms with Crippen LogP contribution in [0.25, 0.3) is 0 Å². The third-order valence-corrected chi connectivity index (χ3v) is 5.96. The van der Waals surface area contributed by atoms with Crippen molar-refractivity contribution < 1.29 is 4.79 Å². The van der Waals surface area contributed by atoms with Crippen molar-refractivity contribution in [3.05, 3.63) is 82.2 Å². The summed E-state index contributed by atoms with van der Waals surface area (Å²) in [7, 11) is 0. The van der Waals surface area contributed by atoms with Crippen molar-refractivity contribution >= 4 is 23.4 Å². The fourth-order valence-electron chi connectivity index (χ4n) is 3.55. The topological polar surface area (TPSA) is 76.9 Å². The van der Waals surface area contributed by atoms with Crippen molar-refractivity contribution in [3.63, 3.8) is 0 Å². The number of nitrogens with zero attached hydrogens (tertiary/aromatic N) is 3. The fourth-order valence-corrected chi connectivity index (χ4v) is 4.43. The molecule has 2 heterocycles. The number of amides is 1. The summed E-state index contributed by atoms with van der Waals surface area (Å²) >= 11 is 1.35. The standard InChI is InChI=1S/C22H22N4O2S/c27-20(24-17-6-2-1-3-7-17)15-29-21-18-8-4-5-9-19(18)26(22(28)25-21)14-16-10-12-23-13-11-16/h1-3,6-7,10-13H,4-5,8-9,14-15H2,(H,24,27). The molecule has 0 saturated carbocycles. The summed E-state index contributed by atoms with van der Waals surface area (Å²) in [6.07, 6.45) is 7.35. The predicted molar refractivity (Wildman–Crippen MR) is 114 cm³/mol. The van der Waals surface area contributed by atoms with Crippen LogP contribution in [0, 0.1) is 0 Å². The second-order valence-electron chi connectivity index (χ2n) is 6.98. The molecule has 3 aromatic rings. The van der Waals surface area contributed by atoms with E-state index in [1.165, 1.54) is 11.8 Å². The number of anilines is 1. The summed E-state index contributed by atoms with van der Waals surface area (Å²) in [6.45, 7) is 0.496. The molecule has 0 aliphatic heterocycles. The van der Waals surface area contributed by atoms with E-state index >= 15 is 0 Å². The summed E-state index contributed by atoms with van der Waals surface area (Å²) in [5.74, 6) is 0.121. The van der Waals surface area contributed by atoms with E-state index < -0.39 is 0 Å². The van der Waals surface area contributed by atoms with E-state index in [-0.39, 0.29) is 17.3 Å². The normalized spacial score (nSPS) is 13.0. The molecule has 1 aromatic carbocycles. The first-order valence-corrected chi connectivity index (χ1v) is 10.7. The maximum absolute atomic E-state index is 12.8. The molecule has 0 fully saturated rings. The van der Waals surface area contributed by atoms with Crippen LogP contribution in [0.5, 0.6) is 0 Å². The number of nitrogens with one attached hydrogen (secondary N) is 1. The van der Waals surface area contributed by atoms with Crippen LogP contribution in [0.1, 0.15) is 29.7 Å². The molecule has 6 nitrogen and oxygen atoms in total. The number of aromatic nitrogens is 3. The molecule has 0 spiro atoms. The molecule has 0 radical (unpaired) electrons. The number of hydrogen-bond donors (Lipinski definition) is 1. The van der Waals surface area contributed by atoms with Crippen molar-refractivity contribution in [2.24, 2.45) is 0 Å². The van der Waals surface area contributed by atoms with Crippen LogP contribution in [0.3, 0.4) is 0 Å². The monoisotopic (exact) mass is 406 g/mol. The van der Waals surface area contributed by atoms with Crippen LogP contribution in [0.4, 0.5) is 5.69 Å². The Labute approximate surface area is 173 Å². The van der Waals surface area contributed by atoms with Crippen LogP contribution < -0.4 is 11.0 Å². The van der Waals surface area contributed by atoms with Gasteiger partial charge in [0.1, 0.15) is 5.03 Å². The molecule has 1 aliphatic carbocycles. The van der Waals surface area contributed by atoms with Gasteiger partial charge in [-0.1, -0.05) is 30.0 Å². The molecule has 0 unspecified atom stereocenters. The van der Waals surface area contributed by atoms with Gasteiger partial charge in [-0.3, -0.25) is 14.3 Å². The van der Waals surface area contributed by atoms with E-state index in [1.54, 1.807) is 17.0 Å². The predicted octanol–water partition coefficient (Wildman–Crippen LogP) is 3.30. The Balaban J connectivity index is 1.54. The molecule has 0 bridgehead atoms. The molecule has 7 heteroatoms. The van der Waals surface area contributed by atoms with Crippen LogP contribution in [0.15, 0.2) is 64.7 Å². The second kappa shape index (κ2) is 9.05. The molecule has 0 atom stereocenters. The fraction of sp³-hybridized carbons (Fsp3) is 0.273. The lowest BCUT2D eigenvalue weighted by Crippen LogP contribution is -2.30. The summed E-state index contributed by atoms with van der Waals surface area (Å²) in [5.41, 5.74) is 3.70. The second-order valence-corrected chi connectivity index (χ2v) is 7.94. The number of hydrogen-bond acceptors (Lipinski definition) is 5. The summed E-state index contributed by atoms with van der Waals surface area (Å²) in [5, 5.41) is 3.57. The first kappa shape index (κ1) is 19.4. The third kappa shape index (κ3) is 4.74. The summed E-state index contributed by atoms with van der Waals surface area (Å²) in [4.78, 5) is 33.4. The Morgan fingerprint density at radius 1 is 1.07 bits per heavy atom. The van der Waals surface area contributed by atoms with Crippen molar-refractivity contribution in [1.29, 1.82) is 0 Å². The number of carbonyl (C=O) groups excluding carboxylic acids is 1. The van der Waals surface area contributed by atoms with E-state index in [2.05, 4.69) is 15.3 Å². The highest BCUT2D eigenvalue weighted by atomic mass is 32.2. The molecule has 4 rings (SSSR count). The summed E-state index contributed by atoms with van der Waals surface area (Å²) < 4.78 is 1.78. The average Bonchev–Trinajstić information content (AvgIpc) is 2.76. The molecular weight excluding hydrogens is 384 g/mol. The molecular formula is C22H22N4O2S. The Kier molecular flexibility index (Phi) is 6.05. The van der Waals surface area contributed by atoms with Gasteiger partial charge in [0.15, 0.2) is 0 Å². The average molecular weight is 407 g/mol. The minimum Gasteiger partial charge on any atom is -0.325 e. The van der Waals surface area contributed by atoms with Gasteiger partial charge in [-0.05, 0) is 55.5 Å². The van der Waals surface area contributed by atoms with Gasteiger partial charge < -0.3 is 5.32 Å².